The van der Waals surface area contributed by atoms with Crippen molar-refractivity contribution >= 4 is 21.6 Å². The van der Waals surface area contributed by atoms with Gasteiger partial charge in [-0.15, -0.1) is 4.83 Å². The van der Waals surface area contributed by atoms with Crippen LogP contribution in [0, 0.1) is 5.82 Å². The quantitative estimate of drug-likeness (QED) is 0.794. The summed E-state index contributed by atoms with van der Waals surface area (Å²) in [5, 5.41) is 3.98. The second kappa shape index (κ2) is 5.94. The fraction of sp³-hybridized carbons (Fsp3) is 0.400. The maximum absolute atomic E-state index is 13.6. The lowest BCUT2D eigenvalue weighted by atomic mass is 10.2. The minimum absolute atomic E-state index is 0.0758. The fourth-order valence-electron chi connectivity index (χ4n) is 1.39. The van der Waals surface area contributed by atoms with E-state index in [2.05, 4.69) is 10.1 Å². The zero-order chi connectivity index (χ0) is 13.9. The third-order valence-corrected chi connectivity index (χ3v) is 3.94. The number of nitrogens with zero attached hydrogens (tertiary/aromatic N) is 1. The molecule has 8 heteroatoms. The summed E-state index contributed by atoms with van der Waals surface area (Å²) in [6.07, 6.45) is 0. The molecule has 0 saturated carbocycles. The van der Waals surface area contributed by atoms with Gasteiger partial charge in [0.2, 0.25) is 0 Å². The molecule has 0 heterocycles. The van der Waals surface area contributed by atoms with E-state index in [1.54, 1.807) is 7.05 Å². The lowest BCUT2D eigenvalue weighted by Gasteiger charge is -2.14. The molecule has 18 heavy (non-hydrogen) atoms. The van der Waals surface area contributed by atoms with E-state index < -0.39 is 15.8 Å². The maximum Gasteiger partial charge on any atom is 0.253 e. The lowest BCUT2D eigenvalue weighted by molar-refractivity contribution is 0.364. The molecule has 1 aromatic rings. The molecule has 0 aromatic heterocycles. The van der Waals surface area contributed by atoms with Gasteiger partial charge in [-0.05, 0) is 24.7 Å². The van der Waals surface area contributed by atoms with Crippen LogP contribution in [-0.2, 0) is 16.6 Å². The first-order valence-corrected chi connectivity index (χ1v) is 6.96. The van der Waals surface area contributed by atoms with Gasteiger partial charge in [-0.25, -0.2) is 17.8 Å². The maximum atomic E-state index is 13.6. The van der Waals surface area contributed by atoms with E-state index in [0.717, 1.165) is 6.07 Å². The molecule has 102 valence electrons. The van der Waals surface area contributed by atoms with Crippen LogP contribution in [0.15, 0.2) is 17.0 Å². The van der Waals surface area contributed by atoms with Gasteiger partial charge < -0.3 is 5.32 Å². The third-order valence-electron chi connectivity index (χ3n) is 2.06. The predicted octanol–water partition coefficient (Wildman–Crippen LogP) is 0.953. The molecule has 0 atom stereocenters. The Morgan fingerprint density at radius 3 is 2.50 bits per heavy atom. The van der Waals surface area contributed by atoms with Crippen LogP contribution >= 0.6 is 11.6 Å². The van der Waals surface area contributed by atoms with Crippen LogP contribution < -0.4 is 10.1 Å². The Morgan fingerprint density at radius 2 is 2.00 bits per heavy atom. The van der Waals surface area contributed by atoms with Crippen molar-refractivity contribution in [2.45, 2.75) is 11.4 Å². The molecule has 0 aliphatic heterocycles. The number of halogens is 2. The van der Waals surface area contributed by atoms with Crippen LogP contribution in [0.4, 0.5) is 4.39 Å². The predicted molar refractivity (Wildman–Crippen MR) is 68.2 cm³/mol. The molecular weight excluding hydrogens is 281 g/mol. The van der Waals surface area contributed by atoms with E-state index in [0.29, 0.717) is 5.56 Å². The molecule has 1 aromatic carbocycles. The highest BCUT2D eigenvalue weighted by atomic mass is 35.5. The van der Waals surface area contributed by atoms with Gasteiger partial charge in [0.1, 0.15) is 5.82 Å². The molecule has 5 nitrogen and oxygen atoms in total. The number of rotatable bonds is 5. The summed E-state index contributed by atoms with van der Waals surface area (Å²) in [6, 6.07) is 2.24. The van der Waals surface area contributed by atoms with E-state index in [9.17, 15) is 12.8 Å². The summed E-state index contributed by atoms with van der Waals surface area (Å²) in [6.45, 7) is 0.279. The average Bonchev–Trinajstić information content (AvgIpc) is 2.22. The second-order valence-corrected chi connectivity index (χ2v) is 5.94. The van der Waals surface area contributed by atoms with E-state index in [-0.39, 0.29) is 16.5 Å². The Hall–Kier alpha value is -0.730. The number of benzene rings is 1. The van der Waals surface area contributed by atoms with Crippen molar-refractivity contribution in [3.8, 4) is 0 Å². The zero-order valence-corrected chi connectivity index (χ0v) is 11.9. The first-order valence-electron chi connectivity index (χ1n) is 5.10. The molecule has 1 rings (SSSR count). The molecule has 0 saturated heterocycles. The number of hydrogen-bond donors (Lipinski definition) is 2. The van der Waals surface area contributed by atoms with Crippen molar-refractivity contribution in [2.75, 3.05) is 21.1 Å². The van der Waals surface area contributed by atoms with Crippen molar-refractivity contribution in [1.82, 2.24) is 15.2 Å². The van der Waals surface area contributed by atoms with Crippen LogP contribution in [0.3, 0.4) is 0 Å². The van der Waals surface area contributed by atoms with Gasteiger partial charge in [0.25, 0.3) is 10.0 Å². The Kier molecular flexibility index (Phi) is 5.06. The molecule has 2 N–H and O–H groups in total. The fourth-order valence-corrected chi connectivity index (χ4v) is 2.70. The van der Waals surface area contributed by atoms with Crippen LogP contribution in [0.2, 0.25) is 5.02 Å². The van der Waals surface area contributed by atoms with E-state index in [1.807, 2.05) is 0 Å². The van der Waals surface area contributed by atoms with Crippen LogP contribution in [0.1, 0.15) is 5.56 Å². The second-order valence-electron chi connectivity index (χ2n) is 3.90. The minimum Gasteiger partial charge on any atom is -0.316 e. The van der Waals surface area contributed by atoms with Crippen LogP contribution in [0.25, 0.3) is 0 Å². The van der Waals surface area contributed by atoms with E-state index in [4.69, 9.17) is 11.6 Å². The van der Waals surface area contributed by atoms with Crippen molar-refractivity contribution in [3.63, 3.8) is 0 Å². The molecule has 0 unspecified atom stereocenters. The summed E-state index contributed by atoms with van der Waals surface area (Å²) in [7, 11) is 0.922. The summed E-state index contributed by atoms with van der Waals surface area (Å²) < 4.78 is 37.3. The van der Waals surface area contributed by atoms with Crippen molar-refractivity contribution in [1.29, 1.82) is 0 Å². The highest BCUT2D eigenvalue weighted by Crippen LogP contribution is 2.24. The Morgan fingerprint density at radius 1 is 1.39 bits per heavy atom. The summed E-state index contributed by atoms with van der Waals surface area (Å²) >= 11 is 5.76. The van der Waals surface area contributed by atoms with Crippen LogP contribution in [-0.4, -0.2) is 34.6 Å². The summed E-state index contributed by atoms with van der Waals surface area (Å²) in [5.41, 5.74) is 0.387. The third kappa shape index (κ3) is 3.63. The normalized spacial score (nSPS) is 12.1. The Labute approximate surface area is 111 Å². The topological polar surface area (TPSA) is 61.4 Å². The van der Waals surface area contributed by atoms with Gasteiger partial charge in [-0.1, -0.05) is 11.6 Å². The Bertz CT molecular complexity index is 534. The van der Waals surface area contributed by atoms with E-state index in [1.165, 1.54) is 25.2 Å². The standard InChI is InChI=1S/C10H15ClFN3O2S/c1-13-6-7-4-8(5-9(12)10(7)11)18(16,17)14-15(2)3/h4-5,13-14H,6H2,1-3H3. The Balaban J connectivity index is 3.26. The van der Waals surface area contributed by atoms with Crippen molar-refractivity contribution in [2.24, 2.45) is 0 Å². The van der Waals surface area contributed by atoms with Gasteiger partial charge >= 0.3 is 0 Å². The van der Waals surface area contributed by atoms with Crippen molar-refractivity contribution < 1.29 is 12.8 Å². The van der Waals surface area contributed by atoms with Crippen LogP contribution in [0.5, 0.6) is 0 Å². The molecule has 0 aliphatic rings. The molecule has 0 spiro atoms. The van der Waals surface area contributed by atoms with E-state index >= 15 is 0 Å². The molecule has 0 radical (unpaired) electrons. The average molecular weight is 296 g/mol. The molecule has 0 fully saturated rings. The molecule has 0 amide bonds. The molecule has 0 aliphatic carbocycles. The van der Waals surface area contributed by atoms with Gasteiger partial charge in [-0.2, -0.15) is 0 Å². The number of sulfonamides is 1. The zero-order valence-electron chi connectivity index (χ0n) is 10.3. The summed E-state index contributed by atoms with van der Waals surface area (Å²) in [5.74, 6) is -0.761. The van der Waals surface area contributed by atoms with Crippen molar-refractivity contribution in [3.05, 3.63) is 28.5 Å². The van der Waals surface area contributed by atoms with Gasteiger partial charge in [-0.3, -0.25) is 0 Å². The molecule has 0 bridgehead atoms. The highest BCUT2D eigenvalue weighted by Gasteiger charge is 2.19. The SMILES string of the molecule is CNCc1cc(S(=O)(=O)NN(C)C)cc(F)c1Cl. The smallest absolute Gasteiger partial charge is 0.253 e. The lowest BCUT2D eigenvalue weighted by Crippen LogP contribution is -2.36. The highest BCUT2D eigenvalue weighted by molar-refractivity contribution is 7.89. The minimum atomic E-state index is -3.79. The summed E-state index contributed by atoms with van der Waals surface area (Å²) in [4.78, 5) is 2.06. The monoisotopic (exact) mass is 295 g/mol. The van der Waals surface area contributed by atoms with Gasteiger partial charge in [0, 0.05) is 20.6 Å². The number of hydrogen-bond acceptors (Lipinski definition) is 4. The molecular formula is C10H15ClFN3O2S. The first kappa shape index (κ1) is 15.3. The number of nitrogens with one attached hydrogen (secondary N) is 2. The largest absolute Gasteiger partial charge is 0.316 e. The first-order chi connectivity index (χ1) is 8.27. The number of hydrazine groups is 1. The van der Waals surface area contributed by atoms with Gasteiger partial charge in [0.15, 0.2) is 0 Å². The van der Waals surface area contributed by atoms with Gasteiger partial charge in [0.05, 0.1) is 9.92 Å².